The molecule has 0 aliphatic rings. The van der Waals surface area contributed by atoms with Gasteiger partial charge in [0.25, 0.3) is 0 Å². The average Bonchev–Trinajstić information content (AvgIpc) is 2.29. The number of carbonyl (C=O) groups is 1. The number of benzene rings is 1. The molecule has 0 aromatic heterocycles. The predicted octanol–water partition coefficient (Wildman–Crippen LogP) is 2.56. The van der Waals surface area contributed by atoms with Gasteiger partial charge in [-0.15, -0.1) is 0 Å². The van der Waals surface area contributed by atoms with E-state index < -0.39 is 0 Å². The summed E-state index contributed by atoms with van der Waals surface area (Å²) in [7, 11) is 0. The molecule has 18 heavy (non-hydrogen) atoms. The Labute approximate surface area is 113 Å². The SMILES string of the molecule is CCOC(=O)c1ccc(NC(=S)NC(C)C)cc1. The van der Waals surface area contributed by atoms with Gasteiger partial charge >= 0.3 is 5.97 Å². The van der Waals surface area contributed by atoms with Crippen molar-refractivity contribution in [2.75, 3.05) is 11.9 Å². The lowest BCUT2D eigenvalue weighted by atomic mass is 10.2. The van der Waals surface area contributed by atoms with E-state index in [4.69, 9.17) is 17.0 Å². The molecule has 0 bridgehead atoms. The molecule has 0 spiro atoms. The third kappa shape index (κ3) is 4.71. The Hall–Kier alpha value is -1.62. The number of nitrogens with one attached hydrogen (secondary N) is 2. The van der Waals surface area contributed by atoms with Crippen LogP contribution in [0.3, 0.4) is 0 Å². The van der Waals surface area contributed by atoms with Crippen LogP contribution in [0, 0.1) is 0 Å². The van der Waals surface area contributed by atoms with Crippen LogP contribution >= 0.6 is 12.2 Å². The van der Waals surface area contributed by atoms with Gasteiger partial charge < -0.3 is 15.4 Å². The predicted molar refractivity (Wildman–Crippen MR) is 76.9 cm³/mol. The first-order chi connectivity index (χ1) is 8.52. The van der Waals surface area contributed by atoms with Crippen molar-refractivity contribution in [2.24, 2.45) is 0 Å². The van der Waals surface area contributed by atoms with Crippen molar-refractivity contribution < 1.29 is 9.53 Å². The number of anilines is 1. The van der Waals surface area contributed by atoms with Gasteiger partial charge in [0.05, 0.1) is 12.2 Å². The summed E-state index contributed by atoms with van der Waals surface area (Å²) in [5.41, 5.74) is 1.37. The van der Waals surface area contributed by atoms with E-state index in [2.05, 4.69) is 10.6 Å². The summed E-state index contributed by atoms with van der Waals surface area (Å²) in [4.78, 5) is 11.4. The Morgan fingerprint density at radius 2 is 1.94 bits per heavy atom. The van der Waals surface area contributed by atoms with Crippen LogP contribution in [0.15, 0.2) is 24.3 Å². The van der Waals surface area contributed by atoms with Crippen molar-refractivity contribution in [3.8, 4) is 0 Å². The summed E-state index contributed by atoms with van der Waals surface area (Å²) in [5.74, 6) is -0.313. The van der Waals surface area contributed by atoms with E-state index in [1.165, 1.54) is 0 Å². The smallest absolute Gasteiger partial charge is 0.338 e. The lowest BCUT2D eigenvalue weighted by Crippen LogP contribution is -2.33. The average molecular weight is 266 g/mol. The number of hydrogen-bond acceptors (Lipinski definition) is 3. The van der Waals surface area contributed by atoms with Gasteiger partial charge in [0.2, 0.25) is 0 Å². The first-order valence-corrected chi connectivity index (χ1v) is 6.28. The van der Waals surface area contributed by atoms with Gasteiger partial charge in [0.15, 0.2) is 5.11 Å². The van der Waals surface area contributed by atoms with E-state index in [1.807, 2.05) is 13.8 Å². The van der Waals surface area contributed by atoms with Crippen molar-refractivity contribution in [1.82, 2.24) is 5.32 Å². The Morgan fingerprint density at radius 3 is 2.44 bits per heavy atom. The molecule has 1 aromatic carbocycles. The minimum absolute atomic E-state index is 0.281. The normalized spacial score (nSPS) is 10.0. The fraction of sp³-hybridized carbons (Fsp3) is 0.385. The zero-order valence-corrected chi connectivity index (χ0v) is 11.6. The van der Waals surface area contributed by atoms with E-state index in [1.54, 1.807) is 31.2 Å². The molecular weight excluding hydrogens is 248 g/mol. The maximum atomic E-state index is 11.4. The van der Waals surface area contributed by atoms with E-state index in [9.17, 15) is 4.79 Å². The molecule has 0 saturated heterocycles. The molecular formula is C13H18N2O2S. The molecule has 0 aliphatic carbocycles. The Kier molecular flexibility index (Phi) is 5.58. The Morgan fingerprint density at radius 1 is 1.33 bits per heavy atom. The highest BCUT2D eigenvalue weighted by Gasteiger charge is 2.06. The molecule has 0 unspecified atom stereocenters. The maximum Gasteiger partial charge on any atom is 0.338 e. The third-order valence-corrected chi connectivity index (χ3v) is 2.29. The quantitative estimate of drug-likeness (QED) is 0.648. The molecule has 2 N–H and O–H groups in total. The topological polar surface area (TPSA) is 50.4 Å². The number of ether oxygens (including phenoxy) is 1. The van der Waals surface area contributed by atoms with Crippen LogP contribution in [0.2, 0.25) is 0 Å². The third-order valence-electron chi connectivity index (χ3n) is 2.07. The molecule has 0 radical (unpaired) electrons. The molecule has 0 saturated carbocycles. The highest BCUT2D eigenvalue weighted by Crippen LogP contribution is 2.10. The fourth-order valence-electron chi connectivity index (χ4n) is 1.33. The van der Waals surface area contributed by atoms with Gasteiger partial charge in [-0.25, -0.2) is 4.79 Å². The van der Waals surface area contributed by atoms with Gasteiger partial charge in [-0.2, -0.15) is 0 Å². The molecule has 4 nitrogen and oxygen atoms in total. The zero-order valence-electron chi connectivity index (χ0n) is 10.8. The van der Waals surface area contributed by atoms with Gasteiger partial charge in [0.1, 0.15) is 0 Å². The van der Waals surface area contributed by atoms with Gasteiger partial charge in [0, 0.05) is 11.7 Å². The molecule has 0 amide bonds. The number of thiocarbonyl (C=S) groups is 1. The monoisotopic (exact) mass is 266 g/mol. The first-order valence-electron chi connectivity index (χ1n) is 5.87. The summed E-state index contributed by atoms with van der Waals surface area (Å²) in [6.07, 6.45) is 0. The number of rotatable bonds is 4. The zero-order chi connectivity index (χ0) is 13.5. The standard InChI is InChI=1S/C13H18N2O2S/c1-4-17-12(16)10-5-7-11(8-6-10)15-13(18)14-9(2)3/h5-9H,4H2,1-3H3,(H2,14,15,18). The number of esters is 1. The van der Waals surface area contributed by atoms with Gasteiger partial charge in [-0.1, -0.05) is 0 Å². The molecule has 0 heterocycles. The molecule has 1 aromatic rings. The number of hydrogen-bond donors (Lipinski definition) is 2. The van der Waals surface area contributed by atoms with Crippen molar-refractivity contribution >= 4 is 29.0 Å². The van der Waals surface area contributed by atoms with Crippen LogP contribution in [-0.2, 0) is 4.74 Å². The first kappa shape index (κ1) is 14.4. The highest BCUT2D eigenvalue weighted by atomic mass is 32.1. The van der Waals surface area contributed by atoms with E-state index in [0.717, 1.165) is 5.69 Å². The van der Waals surface area contributed by atoms with Crippen LogP contribution in [0.1, 0.15) is 31.1 Å². The van der Waals surface area contributed by atoms with Crippen LogP contribution in [-0.4, -0.2) is 23.7 Å². The second-order valence-electron chi connectivity index (χ2n) is 4.05. The second kappa shape index (κ2) is 6.96. The van der Waals surface area contributed by atoms with Crippen molar-refractivity contribution in [3.63, 3.8) is 0 Å². The summed E-state index contributed by atoms with van der Waals surface area (Å²) >= 11 is 5.12. The molecule has 0 fully saturated rings. The molecule has 98 valence electrons. The Balaban J connectivity index is 2.60. The second-order valence-corrected chi connectivity index (χ2v) is 4.46. The van der Waals surface area contributed by atoms with Gasteiger partial charge in [-0.05, 0) is 57.3 Å². The van der Waals surface area contributed by atoms with Crippen LogP contribution in [0.25, 0.3) is 0 Å². The summed E-state index contributed by atoms with van der Waals surface area (Å²) in [5, 5.41) is 6.68. The van der Waals surface area contributed by atoms with Crippen molar-refractivity contribution in [2.45, 2.75) is 26.8 Å². The maximum absolute atomic E-state index is 11.4. The highest BCUT2D eigenvalue weighted by molar-refractivity contribution is 7.80. The van der Waals surface area contributed by atoms with Crippen LogP contribution in [0.5, 0.6) is 0 Å². The van der Waals surface area contributed by atoms with Crippen LogP contribution in [0.4, 0.5) is 5.69 Å². The van der Waals surface area contributed by atoms with Crippen molar-refractivity contribution in [3.05, 3.63) is 29.8 Å². The summed E-state index contributed by atoms with van der Waals surface area (Å²) < 4.78 is 4.90. The summed E-state index contributed by atoms with van der Waals surface area (Å²) in [6, 6.07) is 7.28. The molecule has 5 heteroatoms. The fourth-order valence-corrected chi connectivity index (χ4v) is 1.69. The van der Waals surface area contributed by atoms with E-state index in [-0.39, 0.29) is 12.0 Å². The van der Waals surface area contributed by atoms with Crippen molar-refractivity contribution in [1.29, 1.82) is 0 Å². The van der Waals surface area contributed by atoms with Crippen LogP contribution < -0.4 is 10.6 Å². The van der Waals surface area contributed by atoms with E-state index in [0.29, 0.717) is 17.3 Å². The summed E-state index contributed by atoms with van der Waals surface area (Å²) in [6.45, 7) is 6.18. The lowest BCUT2D eigenvalue weighted by molar-refractivity contribution is 0.0526. The Bertz CT molecular complexity index is 416. The molecule has 1 rings (SSSR count). The van der Waals surface area contributed by atoms with E-state index >= 15 is 0 Å². The van der Waals surface area contributed by atoms with Gasteiger partial charge in [-0.3, -0.25) is 0 Å². The minimum atomic E-state index is -0.313. The number of carbonyl (C=O) groups excluding carboxylic acids is 1. The molecule has 0 aliphatic heterocycles. The molecule has 0 atom stereocenters. The minimum Gasteiger partial charge on any atom is -0.462 e. The largest absolute Gasteiger partial charge is 0.462 e. The lowest BCUT2D eigenvalue weighted by Gasteiger charge is -2.13.